The fourth-order valence-electron chi connectivity index (χ4n) is 2.49. The standard InChI is InChI=1S/C15H20N2O2/c1-3-19-13-6-8-17(9-7-13)15-10-14(18-2)5-4-12(15)11-16/h4-5,10,13H,3,6-9H2,1-2H3. The highest BCUT2D eigenvalue weighted by molar-refractivity contribution is 5.62. The van der Waals surface area contributed by atoms with Crippen LogP contribution in [0.1, 0.15) is 25.3 Å². The van der Waals surface area contributed by atoms with Crippen molar-refractivity contribution in [2.75, 3.05) is 31.7 Å². The molecule has 0 bridgehead atoms. The first-order chi connectivity index (χ1) is 9.28. The smallest absolute Gasteiger partial charge is 0.121 e. The van der Waals surface area contributed by atoms with E-state index in [0.717, 1.165) is 44.0 Å². The molecule has 4 heteroatoms. The monoisotopic (exact) mass is 260 g/mol. The Labute approximate surface area is 114 Å². The van der Waals surface area contributed by atoms with Crippen molar-refractivity contribution in [3.63, 3.8) is 0 Å². The number of hydrogen-bond donors (Lipinski definition) is 0. The van der Waals surface area contributed by atoms with Crippen molar-refractivity contribution in [3.8, 4) is 11.8 Å². The first-order valence-corrected chi connectivity index (χ1v) is 6.73. The van der Waals surface area contributed by atoms with Gasteiger partial charge in [0.25, 0.3) is 0 Å². The summed E-state index contributed by atoms with van der Waals surface area (Å²) in [7, 11) is 1.65. The molecule has 0 radical (unpaired) electrons. The molecule has 0 amide bonds. The molecule has 4 nitrogen and oxygen atoms in total. The third kappa shape index (κ3) is 3.18. The number of piperidine rings is 1. The number of anilines is 1. The Morgan fingerprint density at radius 2 is 2.11 bits per heavy atom. The fourth-order valence-corrected chi connectivity index (χ4v) is 2.49. The maximum Gasteiger partial charge on any atom is 0.121 e. The Morgan fingerprint density at radius 1 is 1.37 bits per heavy atom. The van der Waals surface area contributed by atoms with E-state index in [2.05, 4.69) is 11.0 Å². The van der Waals surface area contributed by atoms with E-state index in [1.165, 1.54) is 0 Å². The molecule has 1 aliphatic heterocycles. The van der Waals surface area contributed by atoms with Crippen molar-refractivity contribution in [3.05, 3.63) is 23.8 Å². The van der Waals surface area contributed by atoms with Crippen molar-refractivity contribution < 1.29 is 9.47 Å². The number of ether oxygens (including phenoxy) is 2. The van der Waals surface area contributed by atoms with Crippen LogP contribution >= 0.6 is 0 Å². The molecule has 1 fully saturated rings. The van der Waals surface area contributed by atoms with Gasteiger partial charge >= 0.3 is 0 Å². The molecule has 19 heavy (non-hydrogen) atoms. The highest BCUT2D eigenvalue weighted by Gasteiger charge is 2.21. The predicted molar refractivity (Wildman–Crippen MR) is 74.6 cm³/mol. The van der Waals surface area contributed by atoms with Crippen molar-refractivity contribution in [2.45, 2.75) is 25.9 Å². The lowest BCUT2D eigenvalue weighted by atomic mass is 10.0. The molecule has 1 aliphatic rings. The molecule has 0 unspecified atom stereocenters. The topological polar surface area (TPSA) is 45.5 Å². The van der Waals surface area contributed by atoms with Gasteiger partial charge in [-0.25, -0.2) is 0 Å². The summed E-state index contributed by atoms with van der Waals surface area (Å²) in [5, 5.41) is 9.21. The highest BCUT2D eigenvalue weighted by atomic mass is 16.5. The molecule has 0 atom stereocenters. The van der Waals surface area contributed by atoms with Crippen LogP contribution in [0.4, 0.5) is 5.69 Å². The van der Waals surface area contributed by atoms with E-state index in [0.29, 0.717) is 11.7 Å². The average Bonchev–Trinajstić information content (AvgIpc) is 2.47. The van der Waals surface area contributed by atoms with Gasteiger partial charge in [-0.3, -0.25) is 0 Å². The number of nitriles is 1. The average molecular weight is 260 g/mol. The molecule has 1 heterocycles. The van der Waals surface area contributed by atoms with E-state index in [1.54, 1.807) is 7.11 Å². The summed E-state index contributed by atoms with van der Waals surface area (Å²) in [5.41, 5.74) is 1.67. The van der Waals surface area contributed by atoms with E-state index in [1.807, 2.05) is 25.1 Å². The van der Waals surface area contributed by atoms with Gasteiger partial charge in [-0.05, 0) is 31.9 Å². The summed E-state index contributed by atoms with van der Waals surface area (Å²) in [6.07, 6.45) is 2.38. The first-order valence-electron chi connectivity index (χ1n) is 6.73. The lowest BCUT2D eigenvalue weighted by Gasteiger charge is -2.34. The summed E-state index contributed by atoms with van der Waals surface area (Å²) in [6, 6.07) is 7.85. The van der Waals surface area contributed by atoms with Gasteiger partial charge in [0.2, 0.25) is 0 Å². The number of hydrogen-bond acceptors (Lipinski definition) is 4. The zero-order chi connectivity index (χ0) is 13.7. The molecule has 1 saturated heterocycles. The number of methoxy groups -OCH3 is 1. The Kier molecular flexibility index (Phi) is 4.64. The maximum atomic E-state index is 9.21. The Morgan fingerprint density at radius 3 is 2.68 bits per heavy atom. The van der Waals surface area contributed by atoms with E-state index in [9.17, 15) is 5.26 Å². The zero-order valence-corrected chi connectivity index (χ0v) is 11.6. The van der Waals surface area contributed by atoms with Crippen LogP contribution in [0.2, 0.25) is 0 Å². The van der Waals surface area contributed by atoms with Crippen LogP contribution in [0.15, 0.2) is 18.2 Å². The third-order valence-electron chi connectivity index (χ3n) is 3.51. The summed E-state index contributed by atoms with van der Waals surface area (Å²) in [6.45, 7) is 4.65. The molecule has 0 aromatic heterocycles. The lowest BCUT2D eigenvalue weighted by molar-refractivity contribution is 0.0459. The van der Waals surface area contributed by atoms with Crippen molar-refractivity contribution in [2.24, 2.45) is 0 Å². The first kappa shape index (κ1) is 13.7. The van der Waals surface area contributed by atoms with Crippen molar-refractivity contribution in [1.29, 1.82) is 5.26 Å². The second-order valence-electron chi connectivity index (χ2n) is 4.64. The molecule has 102 valence electrons. The van der Waals surface area contributed by atoms with Crippen LogP contribution in [0.5, 0.6) is 5.75 Å². The van der Waals surface area contributed by atoms with Crippen LogP contribution in [0, 0.1) is 11.3 Å². The summed E-state index contributed by atoms with van der Waals surface area (Å²) in [4.78, 5) is 2.25. The molecule has 2 rings (SSSR count). The lowest BCUT2D eigenvalue weighted by Crippen LogP contribution is -2.37. The van der Waals surface area contributed by atoms with Gasteiger partial charge < -0.3 is 14.4 Å². The van der Waals surface area contributed by atoms with Crippen LogP contribution in [0.3, 0.4) is 0 Å². The molecule has 0 aliphatic carbocycles. The Balaban J connectivity index is 2.12. The zero-order valence-electron chi connectivity index (χ0n) is 11.6. The van der Waals surface area contributed by atoms with Gasteiger partial charge in [0.05, 0.1) is 24.5 Å². The van der Waals surface area contributed by atoms with E-state index in [-0.39, 0.29) is 0 Å². The molecule has 1 aromatic rings. The SMILES string of the molecule is CCOC1CCN(c2cc(OC)ccc2C#N)CC1. The van der Waals surface area contributed by atoms with Crippen LogP contribution in [-0.2, 0) is 4.74 Å². The van der Waals surface area contributed by atoms with Gasteiger partial charge in [-0.15, -0.1) is 0 Å². The van der Waals surface area contributed by atoms with Crippen LogP contribution < -0.4 is 9.64 Å². The predicted octanol–water partition coefficient (Wildman–Crippen LogP) is 2.57. The Bertz CT molecular complexity index is 460. The minimum absolute atomic E-state index is 0.359. The molecule has 0 N–H and O–H groups in total. The summed E-state index contributed by atoms with van der Waals surface area (Å²) < 4.78 is 10.9. The number of nitrogens with zero attached hydrogens (tertiary/aromatic N) is 2. The summed E-state index contributed by atoms with van der Waals surface area (Å²) in [5.74, 6) is 0.793. The van der Waals surface area contributed by atoms with E-state index in [4.69, 9.17) is 9.47 Å². The molecular weight excluding hydrogens is 240 g/mol. The second-order valence-corrected chi connectivity index (χ2v) is 4.64. The molecule has 0 spiro atoms. The quantitative estimate of drug-likeness (QED) is 0.834. The van der Waals surface area contributed by atoms with Gasteiger partial charge in [0.15, 0.2) is 0 Å². The van der Waals surface area contributed by atoms with Crippen LogP contribution in [-0.4, -0.2) is 32.9 Å². The second kappa shape index (κ2) is 6.44. The molecule has 0 saturated carbocycles. The third-order valence-corrected chi connectivity index (χ3v) is 3.51. The van der Waals surface area contributed by atoms with Gasteiger partial charge in [0, 0.05) is 25.8 Å². The molecule has 1 aromatic carbocycles. The van der Waals surface area contributed by atoms with Crippen molar-refractivity contribution >= 4 is 5.69 Å². The van der Waals surface area contributed by atoms with Gasteiger partial charge in [-0.2, -0.15) is 5.26 Å². The van der Waals surface area contributed by atoms with Crippen molar-refractivity contribution in [1.82, 2.24) is 0 Å². The summed E-state index contributed by atoms with van der Waals surface area (Å²) >= 11 is 0. The largest absolute Gasteiger partial charge is 0.497 e. The normalized spacial score (nSPS) is 16.2. The van der Waals surface area contributed by atoms with Crippen LogP contribution in [0.25, 0.3) is 0 Å². The Hall–Kier alpha value is -1.73. The minimum atomic E-state index is 0.359. The maximum absolute atomic E-state index is 9.21. The van der Waals surface area contributed by atoms with E-state index < -0.39 is 0 Å². The highest BCUT2D eigenvalue weighted by Crippen LogP contribution is 2.28. The van der Waals surface area contributed by atoms with Gasteiger partial charge in [0.1, 0.15) is 11.8 Å². The number of benzene rings is 1. The fraction of sp³-hybridized carbons (Fsp3) is 0.533. The van der Waals surface area contributed by atoms with E-state index >= 15 is 0 Å². The number of rotatable bonds is 4. The van der Waals surface area contributed by atoms with Gasteiger partial charge in [-0.1, -0.05) is 0 Å². The molecular formula is C15H20N2O2. The minimum Gasteiger partial charge on any atom is -0.497 e.